The molecule has 0 atom stereocenters. The van der Waals surface area contributed by atoms with E-state index in [4.69, 9.17) is 23.2 Å². The first kappa shape index (κ1) is 10.6. The van der Waals surface area contributed by atoms with E-state index in [1.165, 1.54) is 0 Å². The number of halogens is 2. The average molecular weight is 219 g/mol. The van der Waals surface area contributed by atoms with Crippen molar-refractivity contribution in [2.45, 2.75) is 0 Å². The Morgan fingerprint density at radius 3 is 2.62 bits per heavy atom. The number of nitrogens with zero attached hydrogens (tertiary/aromatic N) is 1. The van der Waals surface area contributed by atoms with Gasteiger partial charge >= 0.3 is 0 Å². The predicted molar refractivity (Wildman–Crippen MR) is 58.8 cm³/mol. The monoisotopic (exact) mass is 218 g/mol. The number of benzene rings is 1. The number of anilines is 1. The van der Waals surface area contributed by atoms with Gasteiger partial charge in [0.25, 0.3) is 0 Å². The largest absolute Gasteiger partial charge is 0.361 e. The highest BCUT2D eigenvalue weighted by molar-refractivity contribution is 6.36. The number of hydrogen-bond donors (Lipinski definition) is 1. The second kappa shape index (κ2) is 4.70. The second-order valence-electron chi connectivity index (χ2n) is 2.81. The molecule has 0 spiro atoms. The van der Waals surface area contributed by atoms with E-state index in [9.17, 15) is 0 Å². The van der Waals surface area contributed by atoms with Crippen LogP contribution in [-0.2, 0) is 0 Å². The Hall–Kier alpha value is -0.440. The molecule has 0 heterocycles. The Morgan fingerprint density at radius 2 is 2.08 bits per heavy atom. The lowest BCUT2D eigenvalue weighted by Gasteiger charge is -2.19. The van der Waals surface area contributed by atoms with Crippen LogP contribution in [0.3, 0.4) is 0 Å². The zero-order chi connectivity index (χ0) is 9.84. The fourth-order valence-electron chi connectivity index (χ4n) is 1.11. The highest BCUT2D eigenvalue weighted by atomic mass is 35.5. The van der Waals surface area contributed by atoms with Crippen molar-refractivity contribution < 1.29 is 0 Å². The molecule has 13 heavy (non-hydrogen) atoms. The van der Waals surface area contributed by atoms with E-state index in [2.05, 4.69) is 5.32 Å². The molecule has 0 aliphatic heterocycles. The quantitative estimate of drug-likeness (QED) is 0.786. The molecular formula is C9H12Cl2N2. The highest BCUT2D eigenvalue weighted by Crippen LogP contribution is 2.27. The minimum atomic E-state index is 0.659. The van der Waals surface area contributed by atoms with E-state index in [1.807, 2.05) is 31.1 Å². The van der Waals surface area contributed by atoms with Gasteiger partial charge in [-0.2, -0.15) is 0 Å². The molecule has 0 aliphatic rings. The molecule has 0 fully saturated rings. The summed E-state index contributed by atoms with van der Waals surface area (Å²) in [5.41, 5.74) is 0.973. The maximum atomic E-state index is 6.01. The summed E-state index contributed by atoms with van der Waals surface area (Å²) in [4.78, 5) is 2.01. The summed E-state index contributed by atoms with van der Waals surface area (Å²) in [5, 5.41) is 4.37. The van der Waals surface area contributed by atoms with E-state index in [-0.39, 0.29) is 0 Å². The molecule has 0 unspecified atom stereocenters. The van der Waals surface area contributed by atoms with E-state index >= 15 is 0 Å². The first-order chi connectivity index (χ1) is 6.15. The Morgan fingerprint density at radius 1 is 1.38 bits per heavy atom. The van der Waals surface area contributed by atoms with Crippen LogP contribution in [0.1, 0.15) is 0 Å². The van der Waals surface area contributed by atoms with E-state index < -0.39 is 0 Å². The Bertz CT molecular complexity index is 289. The summed E-state index contributed by atoms with van der Waals surface area (Å²) >= 11 is 11.8. The number of rotatable bonds is 3. The van der Waals surface area contributed by atoms with Crippen molar-refractivity contribution in [2.75, 3.05) is 25.7 Å². The van der Waals surface area contributed by atoms with Gasteiger partial charge in [-0.3, -0.25) is 0 Å². The van der Waals surface area contributed by atoms with Crippen LogP contribution in [0.4, 0.5) is 5.69 Å². The van der Waals surface area contributed by atoms with Gasteiger partial charge in [0.2, 0.25) is 0 Å². The van der Waals surface area contributed by atoms with E-state index in [1.54, 1.807) is 6.07 Å². The van der Waals surface area contributed by atoms with Crippen molar-refractivity contribution in [2.24, 2.45) is 0 Å². The molecule has 0 saturated carbocycles. The van der Waals surface area contributed by atoms with Gasteiger partial charge in [0, 0.05) is 12.1 Å². The number of nitrogens with one attached hydrogen (secondary N) is 1. The lowest BCUT2D eigenvalue weighted by atomic mass is 10.3. The average Bonchev–Trinajstić information content (AvgIpc) is 2.04. The van der Waals surface area contributed by atoms with Crippen LogP contribution >= 0.6 is 23.2 Å². The molecule has 1 rings (SSSR count). The van der Waals surface area contributed by atoms with Crippen LogP contribution in [0.25, 0.3) is 0 Å². The number of hydrogen-bond acceptors (Lipinski definition) is 2. The van der Waals surface area contributed by atoms with Crippen LogP contribution in [0, 0.1) is 0 Å². The standard InChI is InChI=1S/C9H12Cl2N2/c1-12-6-13(2)9-4-3-7(10)5-8(9)11/h3-5,12H,6H2,1-2H3. The minimum Gasteiger partial charge on any atom is -0.361 e. The maximum absolute atomic E-state index is 6.01. The van der Waals surface area contributed by atoms with Crippen molar-refractivity contribution in [3.63, 3.8) is 0 Å². The third kappa shape index (κ3) is 2.76. The lowest BCUT2D eigenvalue weighted by molar-refractivity contribution is 0.776. The molecule has 1 aromatic carbocycles. The fourth-order valence-corrected chi connectivity index (χ4v) is 1.67. The van der Waals surface area contributed by atoms with Crippen LogP contribution in [0.5, 0.6) is 0 Å². The smallest absolute Gasteiger partial charge is 0.0676 e. The normalized spacial score (nSPS) is 10.2. The molecule has 1 N–H and O–H groups in total. The van der Waals surface area contributed by atoms with Crippen molar-refractivity contribution >= 4 is 28.9 Å². The highest BCUT2D eigenvalue weighted by Gasteiger charge is 2.04. The molecule has 1 aromatic rings. The van der Waals surface area contributed by atoms with Crippen molar-refractivity contribution in [3.8, 4) is 0 Å². The van der Waals surface area contributed by atoms with E-state index in [0.29, 0.717) is 10.0 Å². The molecule has 2 nitrogen and oxygen atoms in total. The van der Waals surface area contributed by atoms with Crippen molar-refractivity contribution in [3.05, 3.63) is 28.2 Å². The van der Waals surface area contributed by atoms with Crippen LogP contribution in [0.2, 0.25) is 10.0 Å². The fraction of sp³-hybridized carbons (Fsp3) is 0.333. The van der Waals surface area contributed by atoms with Crippen molar-refractivity contribution in [1.29, 1.82) is 0 Å². The second-order valence-corrected chi connectivity index (χ2v) is 3.65. The van der Waals surface area contributed by atoms with Gasteiger partial charge in [0.15, 0.2) is 0 Å². The van der Waals surface area contributed by atoms with Crippen LogP contribution in [-0.4, -0.2) is 20.8 Å². The minimum absolute atomic E-state index is 0.659. The third-order valence-electron chi connectivity index (χ3n) is 1.72. The molecule has 0 aliphatic carbocycles. The maximum Gasteiger partial charge on any atom is 0.0676 e. The van der Waals surface area contributed by atoms with Gasteiger partial charge in [0.1, 0.15) is 0 Å². The summed E-state index contributed by atoms with van der Waals surface area (Å²) in [6.07, 6.45) is 0. The van der Waals surface area contributed by atoms with Gasteiger partial charge in [-0.1, -0.05) is 23.2 Å². The van der Waals surface area contributed by atoms with Crippen LogP contribution < -0.4 is 10.2 Å². The summed E-state index contributed by atoms with van der Waals surface area (Å²) < 4.78 is 0. The van der Waals surface area contributed by atoms with Gasteiger partial charge < -0.3 is 10.2 Å². The predicted octanol–water partition coefficient (Wildman–Crippen LogP) is 2.61. The van der Waals surface area contributed by atoms with Gasteiger partial charge in [-0.15, -0.1) is 0 Å². The first-order valence-electron chi connectivity index (χ1n) is 3.96. The van der Waals surface area contributed by atoms with Gasteiger partial charge in [-0.05, 0) is 25.2 Å². The Labute approximate surface area is 88.4 Å². The molecule has 0 bridgehead atoms. The van der Waals surface area contributed by atoms with Gasteiger partial charge in [-0.25, -0.2) is 0 Å². The summed E-state index contributed by atoms with van der Waals surface area (Å²) in [6, 6.07) is 5.47. The summed E-state index contributed by atoms with van der Waals surface area (Å²) in [6.45, 7) is 0.751. The topological polar surface area (TPSA) is 15.3 Å². The first-order valence-corrected chi connectivity index (χ1v) is 4.71. The Balaban J connectivity index is 2.88. The third-order valence-corrected chi connectivity index (χ3v) is 2.25. The molecule has 0 saturated heterocycles. The van der Waals surface area contributed by atoms with Gasteiger partial charge in [0.05, 0.1) is 17.4 Å². The SMILES string of the molecule is CNCN(C)c1ccc(Cl)cc1Cl. The Kier molecular flexibility index (Phi) is 3.85. The summed E-state index contributed by atoms with van der Waals surface area (Å²) in [5.74, 6) is 0. The molecule has 0 aromatic heterocycles. The molecule has 0 radical (unpaired) electrons. The van der Waals surface area contributed by atoms with E-state index in [0.717, 1.165) is 12.4 Å². The lowest BCUT2D eigenvalue weighted by Crippen LogP contribution is -2.28. The molecule has 4 heteroatoms. The zero-order valence-electron chi connectivity index (χ0n) is 7.64. The van der Waals surface area contributed by atoms with Crippen molar-refractivity contribution in [1.82, 2.24) is 5.32 Å². The molecule has 0 amide bonds. The van der Waals surface area contributed by atoms with Crippen LogP contribution in [0.15, 0.2) is 18.2 Å². The molecule has 72 valence electrons. The summed E-state index contributed by atoms with van der Waals surface area (Å²) in [7, 11) is 3.85. The molecular weight excluding hydrogens is 207 g/mol. The zero-order valence-corrected chi connectivity index (χ0v) is 9.15.